The Balaban J connectivity index is 3.39. The van der Waals surface area contributed by atoms with Gasteiger partial charge in [-0.3, -0.25) is 0 Å². The minimum Gasteiger partial charge on any atom is -0.312 e. The van der Waals surface area contributed by atoms with Gasteiger partial charge in [0.25, 0.3) is 0 Å². The number of hydrogen-bond donors (Lipinski definition) is 1. The van der Waals surface area contributed by atoms with Gasteiger partial charge >= 0.3 is 0 Å². The van der Waals surface area contributed by atoms with Crippen molar-refractivity contribution in [2.24, 2.45) is 0 Å². The van der Waals surface area contributed by atoms with Crippen molar-refractivity contribution < 1.29 is 0 Å². The molecule has 0 amide bonds. The average Bonchev–Trinajstić information content (AvgIpc) is 2.15. The van der Waals surface area contributed by atoms with Crippen molar-refractivity contribution in [3.8, 4) is 0 Å². The number of allylic oxidation sites excluding steroid dienone is 1. The van der Waals surface area contributed by atoms with Crippen LogP contribution in [0.2, 0.25) is 0 Å². The zero-order valence-electron chi connectivity index (χ0n) is 9.88. The lowest BCUT2D eigenvalue weighted by molar-refractivity contribution is 0.442. The largest absolute Gasteiger partial charge is 0.312 e. The maximum atomic E-state index is 3.74. The molecule has 84 valence electrons. The zero-order chi connectivity index (χ0) is 10.8. The molecular weight excluding hydrogens is 190 g/mol. The summed E-state index contributed by atoms with van der Waals surface area (Å²) in [6, 6.07) is 1.27. The van der Waals surface area contributed by atoms with Crippen molar-refractivity contribution in [1.29, 1.82) is 0 Å². The van der Waals surface area contributed by atoms with E-state index in [9.17, 15) is 0 Å². The van der Waals surface area contributed by atoms with Crippen molar-refractivity contribution >= 4 is 11.8 Å². The van der Waals surface area contributed by atoms with E-state index < -0.39 is 0 Å². The molecule has 0 saturated heterocycles. The molecule has 2 unspecified atom stereocenters. The summed E-state index contributed by atoms with van der Waals surface area (Å²) in [6.45, 7) is 10.5. The van der Waals surface area contributed by atoms with Gasteiger partial charge in [0, 0.05) is 12.1 Å². The molecule has 2 atom stereocenters. The van der Waals surface area contributed by atoms with E-state index in [2.05, 4.69) is 32.7 Å². The third kappa shape index (κ3) is 8.64. The van der Waals surface area contributed by atoms with Crippen LogP contribution in [0.25, 0.3) is 0 Å². The molecule has 0 saturated carbocycles. The molecule has 0 aliphatic carbocycles. The van der Waals surface area contributed by atoms with Crippen molar-refractivity contribution in [3.05, 3.63) is 12.7 Å². The Labute approximate surface area is 93.7 Å². The van der Waals surface area contributed by atoms with Crippen molar-refractivity contribution in [2.75, 3.05) is 11.5 Å². The first kappa shape index (κ1) is 14.1. The second-order valence-corrected chi connectivity index (χ2v) is 5.21. The summed E-state index contributed by atoms with van der Waals surface area (Å²) in [4.78, 5) is 0. The third-order valence-corrected chi connectivity index (χ3v) is 3.20. The van der Waals surface area contributed by atoms with E-state index in [1.165, 1.54) is 24.3 Å². The quantitative estimate of drug-likeness (QED) is 0.467. The minimum absolute atomic E-state index is 0.620. The summed E-state index contributed by atoms with van der Waals surface area (Å²) < 4.78 is 0. The molecule has 0 aliphatic heterocycles. The Hall–Kier alpha value is 0.0500. The first-order valence-corrected chi connectivity index (χ1v) is 6.80. The summed E-state index contributed by atoms with van der Waals surface area (Å²) >= 11 is 2.03. The molecule has 0 aromatic carbocycles. The number of nitrogens with one attached hydrogen (secondary N) is 1. The molecule has 0 aromatic rings. The van der Waals surface area contributed by atoms with E-state index in [1.54, 1.807) is 0 Å². The molecule has 0 heterocycles. The maximum Gasteiger partial charge on any atom is 0.00490 e. The molecule has 14 heavy (non-hydrogen) atoms. The Kier molecular flexibility index (Phi) is 9.63. The molecule has 0 aromatic heterocycles. The van der Waals surface area contributed by atoms with Gasteiger partial charge in [-0.15, -0.1) is 6.58 Å². The van der Waals surface area contributed by atoms with Gasteiger partial charge in [-0.05, 0) is 44.6 Å². The molecule has 0 radical (unpaired) electrons. The Morgan fingerprint density at radius 2 is 1.93 bits per heavy atom. The topological polar surface area (TPSA) is 12.0 Å². The number of rotatable bonds is 9. The molecule has 0 bridgehead atoms. The molecule has 0 aliphatic rings. The molecule has 1 nitrogen and oxygen atoms in total. The van der Waals surface area contributed by atoms with Gasteiger partial charge in [0.1, 0.15) is 0 Å². The van der Waals surface area contributed by atoms with E-state index in [0.29, 0.717) is 12.1 Å². The summed E-state index contributed by atoms with van der Waals surface area (Å²) in [6.07, 6.45) is 5.59. The SMILES string of the molecule is C=CCCC(C)NC(C)CCSCC. The maximum absolute atomic E-state index is 3.74. The van der Waals surface area contributed by atoms with Crippen LogP contribution in [0.1, 0.15) is 40.0 Å². The lowest BCUT2D eigenvalue weighted by Gasteiger charge is -2.19. The second kappa shape index (κ2) is 9.60. The smallest absolute Gasteiger partial charge is 0.00490 e. The molecule has 0 rings (SSSR count). The Bertz CT molecular complexity index is 136. The molecule has 1 N–H and O–H groups in total. The van der Waals surface area contributed by atoms with E-state index in [4.69, 9.17) is 0 Å². The fourth-order valence-corrected chi connectivity index (χ4v) is 2.23. The summed E-state index contributed by atoms with van der Waals surface area (Å²) in [7, 11) is 0. The normalized spacial score (nSPS) is 15.1. The fourth-order valence-electron chi connectivity index (χ4n) is 1.42. The van der Waals surface area contributed by atoms with Crippen molar-refractivity contribution in [1.82, 2.24) is 5.32 Å². The van der Waals surface area contributed by atoms with Crippen LogP contribution in [0.3, 0.4) is 0 Å². The highest BCUT2D eigenvalue weighted by Crippen LogP contribution is 2.05. The van der Waals surface area contributed by atoms with Gasteiger partial charge in [0.15, 0.2) is 0 Å². The van der Waals surface area contributed by atoms with Crippen LogP contribution in [0.5, 0.6) is 0 Å². The van der Waals surface area contributed by atoms with Gasteiger partial charge in [0.05, 0.1) is 0 Å². The van der Waals surface area contributed by atoms with Crippen LogP contribution >= 0.6 is 11.8 Å². The predicted molar refractivity (Wildman–Crippen MR) is 69.1 cm³/mol. The van der Waals surface area contributed by atoms with Crippen molar-refractivity contribution in [2.45, 2.75) is 52.1 Å². The lowest BCUT2D eigenvalue weighted by atomic mass is 10.1. The average molecular weight is 215 g/mol. The van der Waals surface area contributed by atoms with E-state index in [-0.39, 0.29) is 0 Å². The van der Waals surface area contributed by atoms with E-state index in [0.717, 1.165) is 6.42 Å². The van der Waals surface area contributed by atoms with E-state index >= 15 is 0 Å². The highest BCUT2D eigenvalue weighted by Gasteiger charge is 2.05. The standard InChI is InChI=1S/C12H25NS/c1-5-7-8-11(3)13-12(4)9-10-14-6-2/h5,11-13H,1,6-10H2,2-4H3. The molecule has 0 spiro atoms. The van der Waals surface area contributed by atoms with Crippen LogP contribution in [-0.2, 0) is 0 Å². The first-order chi connectivity index (χ1) is 6.70. The lowest BCUT2D eigenvalue weighted by Crippen LogP contribution is -2.34. The Morgan fingerprint density at radius 3 is 2.50 bits per heavy atom. The highest BCUT2D eigenvalue weighted by atomic mass is 32.2. The van der Waals surface area contributed by atoms with Crippen LogP contribution in [0.4, 0.5) is 0 Å². The zero-order valence-corrected chi connectivity index (χ0v) is 10.7. The van der Waals surface area contributed by atoms with Crippen LogP contribution < -0.4 is 5.32 Å². The van der Waals surface area contributed by atoms with Crippen LogP contribution in [0.15, 0.2) is 12.7 Å². The number of hydrogen-bond acceptors (Lipinski definition) is 2. The van der Waals surface area contributed by atoms with Gasteiger partial charge in [-0.25, -0.2) is 0 Å². The fraction of sp³-hybridized carbons (Fsp3) is 0.833. The van der Waals surface area contributed by atoms with Gasteiger partial charge in [-0.2, -0.15) is 11.8 Å². The summed E-state index contributed by atoms with van der Waals surface area (Å²) in [5.74, 6) is 2.51. The first-order valence-electron chi connectivity index (χ1n) is 5.65. The summed E-state index contributed by atoms with van der Waals surface area (Å²) in [5.41, 5.74) is 0. The monoisotopic (exact) mass is 215 g/mol. The van der Waals surface area contributed by atoms with Crippen LogP contribution in [-0.4, -0.2) is 23.6 Å². The molecule has 0 fully saturated rings. The van der Waals surface area contributed by atoms with Gasteiger partial charge < -0.3 is 5.32 Å². The highest BCUT2D eigenvalue weighted by molar-refractivity contribution is 7.99. The predicted octanol–water partition coefficient (Wildman–Crippen LogP) is 3.46. The second-order valence-electron chi connectivity index (χ2n) is 3.82. The molecule has 2 heteroatoms. The molecular formula is C12H25NS. The van der Waals surface area contributed by atoms with Gasteiger partial charge in [0.2, 0.25) is 0 Å². The van der Waals surface area contributed by atoms with Gasteiger partial charge in [-0.1, -0.05) is 13.0 Å². The van der Waals surface area contributed by atoms with E-state index in [1.807, 2.05) is 17.8 Å². The van der Waals surface area contributed by atoms with Crippen LogP contribution in [0, 0.1) is 0 Å². The van der Waals surface area contributed by atoms with Crippen molar-refractivity contribution in [3.63, 3.8) is 0 Å². The Morgan fingerprint density at radius 1 is 1.29 bits per heavy atom. The summed E-state index contributed by atoms with van der Waals surface area (Å²) in [5, 5.41) is 3.61. The third-order valence-electron chi connectivity index (χ3n) is 2.27. The minimum atomic E-state index is 0.620. The number of thioether (sulfide) groups is 1.